The molecule has 0 aliphatic carbocycles. The van der Waals surface area contributed by atoms with E-state index in [-0.39, 0.29) is 12.5 Å². The minimum atomic E-state index is -0.0711. The Balaban J connectivity index is 1.86. The molecular weight excluding hydrogens is 268 g/mol. The lowest BCUT2D eigenvalue weighted by Gasteiger charge is -2.16. The third kappa shape index (κ3) is 2.29. The van der Waals surface area contributed by atoms with E-state index in [9.17, 15) is 4.79 Å². The molecule has 3 rings (SSSR count). The zero-order valence-corrected chi connectivity index (χ0v) is 12.2. The normalized spacial score (nSPS) is 11.0. The van der Waals surface area contributed by atoms with Gasteiger partial charge >= 0.3 is 0 Å². The molecule has 0 atom stereocenters. The number of aromatic nitrogens is 3. The molecule has 0 bridgehead atoms. The summed E-state index contributed by atoms with van der Waals surface area (Å²) in [5, 5.41) is 9.17. The number of likely N-dealkylation sites (N-methyl/N-ethyl adjacent to an activating group) is 1. The lowest BCUT2D eigenvalue weighted by molar-refractivity contribution is -0.119. The van der Waals surface area contributed by atoms with Crippen LogP contribution in [0.5, 0.6) is 0 Å². The summed E-state index contributed by atoms with van der Waals surface area (Å²) in [5.74, 6) is 0.562. The topological polar surface area (TPSA) is 64.2 Å². The molecule has 0 radical (unpaired) electrons. The molecule has 3 aromatic rings. The van der Waals surface area contributed by atoms with Crippen LogP contribution in [0.2, 0.25) is 0 Å². The van der Waals surface area contributed by atoms with Gasteiger partial charge in [-0.3, -0.25) is 9.48 Å². The highest BCUT2D eigenvalue weighted by molar-refractivity contribution is 5.94. The summed E-state index contributed by atoms with van der Waals surface area (Å²) >= 11 is 0. The van der Waals surface area contributed by atoms with Crippen LogP contribution in [0.1, 0.15) is 11.5 Å². The van der Waals surface area contributed by atoms with Crippen molar-refractivity contribution in [1.29, 1.82) is 0 Å². The van der Waals surface area contributed by atoms with Gasteiger partial charge in [-0.25, -0.2) is 0 Å². The number of nitrogens with zero attached hydrogens (tertiary/aromatic N) is 4. The molecule has 1 amide bonds. The van der Waals surface area contributed by atoms with Crippen LogP contribution in [-0.2, 0) is 11.3 Å². The van der Waals surface area contributed by atoms with Crippen molar-refractivity contribution in [3.63, 3.8) is 0 Å². The number of hydrogen-bond acceptors (Lipinski definition) is 4. The zero-order valence-electron chi connectivity index (χ0n) is 12.2. The van der Waals surface area contributed by atoms with E-state index >= 15 is 0 Å². The Bertz CT molecular complexity index is 783. The highest BCUT2D eigenvalue weighted by Gasteiger charge is 2.20. The molecule has 0 N–H and O–H groups in total. The quantitative estimate of drug-likeness (QED) is 0.740. The fraction of sp³-hybridized carbons (Fsp3) is 0.267. The predicted molar refractivity (Wildman–Crippen MR) is 79.1 cm³/mol. The van der Waals surface area contributed by atoms with Crippen LogP contribution in [0.4, 0.5) is 5.69 Å². The Morgan fingerprint density at radius 2 is 2.10 bits per heavy atom. The molecule has 0 unspecified atom stereocenters. The summed E-state index contributed by atoms with van der Waals surface area (Å²) in [7, 11) is 1.72. The van der Waals surface area contributed by atoms with Gasteiger partial charge < -0.3 is 9.42 Å². The monoisotopic (exact) mass is 284 g/mol. The minimum absolute atomic E-state index is 0.0711. The van der Waals surface area contributed by atoms with Gasteiger partial charge in [0.05, 0.1) is 11.7 Å². The first-order valence-corrected chi connectivity index (χ1v) is 6.68. The largest absolute Gasteiger partial charge is 0.359 e. The van der Waals surface area contributed by atoms with Crippen molar-refractivity contribution >= 4 is 22.5 Å². The molecule has 21 heavy (non-hydrogen) atoms. The minimum Gasteiger partial charge on any atom is -0.359 e. The zero-order chi connectivity index (χ0) is 15.0. The lowest BCUT2D eigenvalue weighted by atomic mass is 10.2. The van der Waals surface area contributed by atoms with Crippen molar-refractivity contribution in [2.45, 2.75) is 20.4 Å². The summed E-state index contributed by atoms with van der Waals surface area (Å²) in [6, 6.07) is 7.81. The number of carbonyl (C=O) groups is 1. The van der Waals surface area contributed by atoms with Gasteiger partial charge in [0.15, 0.2) is 5.76 Å². The molecule has 2 aromatic heterocycles. The van der Waals surface area contributed by atoms with Gasteiger partial charge in [-0.1, -0.05) is 23.4 Å². The maximum atomic E-state index is 12.5. The van der Waals surface area contributed by atoms with Crippen molar-refractivity contribution < 1.29 is 9.32 Å². The molecule has 6 heteroatoms. The van der Waals surface area contributed by atoms with Crippen LogP contribution in [0, 0.1) is 13.8 Å². The van der Waals surface area contributed by atoms with Gasteiger partial charge in [-0.2, -0.15) is 5.10 Å². The van der Waals surface area contributed by atoms with Crippen LogP contribution in [0.25, 0.3) is 10.9 Å². The van der Waals surface area contributed by atoms with Crippen LogP contribution >= 0.6 is 0 Å². The number of rotatable bonds is 3. The first kappa shape index (κ1) is 13.4. The SMILES string of the molecule is Cc1noc(C)c1N(C)C(=O)Cn1ncc2ccccc21. The third-order valence-corrected chi connectivity index (χ3v) is 3.54. The first-order valence-electron chi connectivity index (χ1n) is 6.68. The molecule has 6 nitrogen and oxygen atoms in total. The molecule has 0 fully saturated rings. The average Bonchev–Trinajstić information content (AvgIpc) is 3.03. The molecule has 0 saturated carbocycles. The number of hydrogen-bond donors (Lipinski definition) is 0. The van der Waals surface area contributed by atoms with E-state index in [1.807, 2.05) is 31.2 Å². The molecule has 0 saturated heterocycles. The van der Waals surface area contributed by atoms with E-state index < -0.39 is 0 Å². The van der Waals surface area contributed by atoms with Gasteiger partial charge in [0, 0.05) is 12.4 Å². The molecule has 0 aliphatic heterocycles. The van der Waals surface area contributed by atoms with Crippen LogP contribution in [0.3, 0.4) is 0 Å². The Kier molecular flexibility index (Phi) is 3.21. The third-order valence-electron chi connectivity index (χ3n) is 3.54. The standard InChI is InChI=1S/C15H16N4O2/c1-10-15(11(2)21-17-10)18(3)14(20)9-19-13-7-5-4-6-12(13)8-16-19/h4-8H,9H2,1-3H3. The summed E-state index contributed by atoms with van der Waals surface area (Å²) in [6.45, 7) is 3.79. The van der Waals surface area contributed by atoms with Crippen molar-refractivity contribution in [2.75, 3.05) is 11.9 Å². The molecule has 0 aliphatic rings. The second-order valence-electron chi connectivity index (χ2n) is 4.99. The van der Waals surface area contributed by atoms with Crippen molar-refractivity contribution in [2.24, 2.45) is 0 Å². The van der Waals surface area contributed by atoms with E-state index in [1.165, 1.54) is 0 Å². The second-order valence-corrected chi connectivity index (χ2v) is 4.99. The number of carbonyl (C=O) groups excluding carboxylic acids is 1. The summed E-state index contributed by atoms with van der Waals surface area (Å²) in [5.41, 5.74) is 2.36. The summed E-state index contributed by atoms with van der Waals surface area (Å²) < 4.78 is 6.81. The molecular formula is C15H16N4O2. The van der Waals surface area contributed by atoms with Gasteiger partial charge in [0.2, 0.25) is 5.91 Å². The maximum absolute atomic E-state index is 12.5. The number of anilines is 1. The summed E-state index contributed by atoms with van der Waals surface area (Å²) in [4.78, 5) is 14.0. The Labute approximate surface area is 121 Å². The average molecular weight is 284 g/mol. The van der Waals surface area contributed by atoms with E-state index in [1.54, 1.807) is 29.7 Å². The number of fused-ring (bicyclic) bond motifs is 1. The smallest absolute Gasteiger partial charge is 0.248 e. The van der Waals surface area contributed by atoms with E-state index in [2.05, 4.69) is 10.3 Å². The highest BCUT2D eigenvalue weighted by Crippen LogP contribution is 2.23. The first-order chi connectivity index (χ1) is 10.1. The van der Waals surface area contributed by atoms with Crippen LogP contribution < -0.4 is 4.90 Å². The fourth-order valence-corrected chi connectivity index (χ4v) is 2.47. The highest BCUT2D eigenvalue weighted by atomic mass is 16.5. The van der Waals surface area contributed by atoms with E-state index in [4.69, 9.17) is 4.52 Å². The number of benzene rings is 1. The van der Waals surface area contributed by atoms with Crippen molar-refractivity contribution in [3.8, 4) is 0 Å². The van der Waals surface area contributed by atoms with Crippen LogP contribution in [-0.4, -0.2) is 27.9 Å². The predicted octanol–water partition coefficient (Wildman–Crippen LogP) is 2.30. The van der Waals surface area contributed by atoms with Gasteiger partial charge in [0.1, 0.15) is 17.9 Å². The maximum Gasteiger partial charge on any atom is 0.248 e. The molecule has 1 aromatic carbocycles. The van der Waals surface area contributed by atoms with Crippen LogP contribution in [0.15, 0.2) is 35.0 Å². The van der Waals surface area contributed by atoms with Gasteiger partial charge in [0.25, 0.3) is 0 Å². The molecule has 2 heterocycles. The van der Waals surface area contributed by atoms with E-state index in [0.717, 1.165) is 16.6 Å². The van der Waals surface area contributed by atoms with Crippen molar-refractivity contribution in [3.05, 3.63) is 41.9 Å². The summed E-state index contributed by atoms with van der Waals surface area (Å²) in [6.07, 6.45) is 1.76. The lowest BCUT2D eigenvalue weighted by Crippen LogP contribution is -2.31. The van der Waals surface area contributed by atoms with Gasteiger partial charge in [-0.05, 0) is 19.9 Å². The molecule has 0 spiro atoms. The van der Waals surface area contributed by atoms with E-state index in [0.29, 0.717) is 11.5 Å². The Morgan fingerprint density at radius 3 is 2.81 bits per heavy atom. The Morgan fingerprint density at radius 1 is 1.33 bits per heavy atom. The fourth-order valence-electron chi connectivity index (χ4n) is 2.47. The second kappa shape index (κ2) is 5.05. The number of aryl methyl sites for hydroxylation is 2. The Hall–Kier alpha value is -2.63. The number of para-hydroxylation sites is 1. The van der Waals surface area contributed by atoms with Crippen molar-refractivity contribution in [1.82, 2.24) is 14.9 Å². The molecule has 108 valence electrons. The number of amides is 1. The van der Waals surface area contributed by atoms with Gasteiger partial charge in [-0.15, -0.1) is 0 Å².